The van der Waals surface area contributed by atoms with Crippen LogP contribution in [-0.2, 0) is 16.8 Å². The molecule has 1 saturated heterocycles. The third kappa shape index (κ3) is 4.45. The van der Waals surface area contributed by atoms with Gasteiger partial charge in [-0.3, -0.25) is 10.2 Å². The molecule has 2 fully saturated rings. The first-order valence-electron chi connectivity index (χ1n) is 12.1. The summed E-state index contributed by atoms with van der Waals surface area (Å²) in [6, 6.07) is 9.21. The highest BCUT2D eigenvalue weighted by Gasteiger charge is 2.49. The van der Waals surface area contributed by atoms with Gasteiger partial charge in [0.05, 0.1) is 5.41 Å². The largest absolute Gasteiger partial charge is 0.370 e. The molecule has 3 aliphatic rings. The van der Waals surface area contributed by atoms with Gasteiger partial charge in [-0.1, -0.05) is 38.1 Å². The molecule has 1 aromatic rings. The van der Waals surface area contributed by atoms with E-state index in [1.54, 1.807) is 0 Å². The van der Waals surface area contributed by atoms with Gasteiger partial charge in [0.25, 0.3) is 0 Å². The summed E-state index contributed by atoms with van der Waals surface area (Å²) in [5.74, 6) is 1.90. The number of nitrogens with zero attached hydrogens (tertiary/aromatic N) is 2. The monoisotopic (exact) mass is 425 g/mol. The van der Waals surface area contributed by atoms with Crippen LogP contribution in [0.25, 0.3) is 0 Å². The Balaban J connectivity index is 1.46. The Morgan fingerprint density at radius 2 is 1.87 bits per heavy atom. The predicted molar refractivity (Wildman–Crippen MR) is 125 cm³/mol. The number of fused-ring (bicyclic) bond motifs is 2. The van der Waals surface area contributed by atoms with Crippen molar-refractivity contribution < 1.29 is 4.79 Å². The molecular formula is C25H39N5O. The lowest BCUT2D eigenvalue weighted by Gasteiger charge is -2.49. The number of nitrogens with two attached hydrogens (primary N) is 1. The molecule has 0 bridgehead atoms. The lowest BCUT2D eigenvalue weighted by Crippen LogP contribution is -2.58. The van der Waals surface area contributed by atoms with Crippen molar-refractivity contribution >= 4 is 11.9 Å². The van der Waals surface area contributed by atoms with E-state index < -0.39 is 5.41 Å². The Labute approximate surface area is 187 Å². The maximum Gasteiger partial charge on any atom is 0.233 e. The van der Waals surface area contributed by atoms with Crippen LogP contribution in [0.3, 0.4) is 0 Å². The van der Waals surface area contributed by atoms with Crippen LogP contribution in [0.5, 0.6) is 0 Å². The minimum Gasteiger partial charge on any atom is -0.370 e. The fraction of sp³-hybridized carbons (Fsp3) is 0.680. The summed E-state index contributed by atoms with van der Waals surface area (Å²) in [5.41, 5.74) is 7.56. The summed E-state index contributed by atoms with van der Waals surface area (Å²) in [7, 11) is 0. The van der Waals surface area contributed by atoms with Gasteiger partial charge in [-0.2, -0.15) is 0 Å². The molecule has 1 amide bonds. The third-order valence-electron chi connectivity index (χ3n) is 8.14. The van der Waals surface area contributed by atoms with Crippen molar-refractivity contribution in [3.63, 3.8) is 0 Å². The molecule has 1 aliphatic carbocycles. The molecule has 6 nitrogen and oxygen atoms in total. The van der Waals surface area contributed by atoms with Gasteiger partial charge in [0, 0.05) is 25.7 Å². The van der Waals surface area contributed by atoms with Gasteiger partial charge in [-0.15, -0.1) is 0 Å². The van der Waals surface area contributed by atoms with Crippen molar-refractivity contribution in [3.8, 4) is 0 Å². The van der Waals surface area contributed by atoms with E-state index in [1.165, 1.54) is 36.8 Å². The molecule has 4 N–H and O–H groups in total. The highest BCUT2D eigenvalue weighted by Crippen LogP contribution is 2.44. The van der Waals surface area contributed by atoms with E-state index in [0.717, 1.165) is 37.8 Å². The molecule has 0 atom stereocenters. The molecule has 0 aromatic heterocycles. The Morgan fingerprint density at radius 1 is 1.19 bits per heavy atom. The van der Waals surface area contributed by atoms with Crippen molar-refractivity contribution in [1.82, 2.24) is 15.1 Å². The first kappa shape index (κ1) is 22.1. The fourth-order valence-corrected chi connectivity index (χ4v) is 6.21. The van der Waals surface area contributed by atoms with Crippen LogP contribution in [0, 0.1) is 17.2 Å². The molecule has 2 aliphatic heterocycles. The average Bonchev–Trinajstić information content (AvgIpc) is 2.77. The molecule has 31 heavy (non-hydrogen) atoms. The van der Waals surface area contributed by atoms with Gasteiger partial charge in [-0.25, -0.2) is 0 Å². The quantitative estimate of drug-likeness (QED) is 0.500. The standard InChI is InChI=1S/C25H39N5O/c1-18(2)19-7-9-21(10-8-19)29-14-11-25(12-15-29)22-6-4-3-5-20(22)17-30(23(25)31)16-13-28-24(26)27/h3-6,18-19,21H,7-17H2,1-2H3,(H4,26,27,28). The molecule has 1 spiro atoms. The second-order valence-electron chi connectivity index (χ2n) is 10.2. The number of hydrogen-bond acceptors (Lipinski definition) is 3. The van der Waals surface area contributed by atoms with E-state index in [9.17, 15) is 4.79 Å². The number of guanidine groups is 1. The summed E-state index contributed by atoms with van der Waals surface area (Å²) in [6.07, 6.45) is 7.13. The topological polar surface area (TPSA) is 85.5 Å². The zero-order valence-electron chi connectivity index (χ0n) is 19.2. The van der Waals surface area contributed by atoms with Crippen molar-refractivity contribution in [2.75, 3.05) is 26.2 Å². The molecule has 2 heterocycles. The summed E-state index contributed by atoms with van der Waals surface area (Å²) < 4.78 is 0. The number of piperidine rings is 1. The van der Waals surface area contributed by atoms with Gasteiger partial charge in [-0.05, 0) is 74.6 Å². The van der Waals surface area contributed by atoms with E-state index >= 15 is 0 Å². The molecule has 1 saturated carbocycles. The predicted octanol–water partition coefficient (Wildman–Crippen LogP) is 3.06. The summed E-state index contributed by atoms with van der Waals surface area (Å²) >= 11 is 0. The number of benzene rings is 1. The minimum atomic E-state index is -0.392. The van der Waals surface area contributed by atoms with Crippen LogP contribution in [0.2, 0.25) is 0 Å². The molecule has 0 unspecified atom stereocenters. The van der Waals surface area contributed by atoms with Gasteiger partial charge in [0.2, 0.25) is 5.91 Å². The Bertz CT molecular complexity index is 791. The van der Waals surface area contributed by atoms with E-state index in [0.29, 0.717) is 25.7 Å². The molecule has 170 valence electrons. The Morgan fingerprint density at radius 3 is 2.52 bits per heavy atom. The van der Waals surface area contributed by atoms with Crippen LogP contribution in [0.4, 0.5) is 0 Å². The molecule has 4 rings (SSSR count). The van der Waals surface area contributed by atoms with Crippen LogP contribution < -0.4 is 11.1 Å². The van der Waals surface area contributed by atoms with Crippen LogP contribution >= 0.6 is 0 Å². The van der Waals surface area contributed by atoms with Crippen LogP contribution in [0.1, 0.15) is 63.5 Å². The van der Waals surface area contributed by atoms with Gasteiger partial charge in [0.1, 0.15) is 0 Å². The van der Waals surface area contributed by atoms with Crippen molar-refractivity contribution in [2.24, 2.45) is 17.6 Å². The first-order valence-corrected chi connectivity index (χ1v) is 12.1. The Hall–Kier alpha value is -2.08. The second kappa shape index (κ2) is 9.19. The molecular weight excluding hydrogens is 386 g/mol. The molecule has 0 radical (unpaired) electrons. The fourth-order valence-electron chi connectivity index (χ4n) is 6.21. The first-order chi connectivity index (χ1) is 14.9. The zero-order valence-corrected chi connectivity index (χ0v) is 19.2. The van der Waals surface area contributed by atoms with Gasteiger partial charge >= 0.3 is 0 Å². The van der Waals surface area contributed by atoms with Gasteiger partial charge < -0.3 is 20.9 Å². The molecule has 1 aromatic carbocycles. The number of carbonyl (C=O) groups is 1. The number of likely N-dealkylation sites (tertiary alicyclic amines) is 1. The van der Waals surface area contributed by atoms with Crippen LogP contribution in [0.15, 0.2) is 24.3 Å². The van der Waals surface area contributed by atoms with E-state index in [2.05, 4.69) is 48.3 Å². The normalized spacial score (nSPS) is 26.2. The lowest BCUT2D eigenvalue weighted by atomic mass is 9.67. The maximum absolute atomic E-state index is 13.7. The van der Waals surface area contributed by atoms with Crippen molar-refractivity contribution in [1.29, 1.82) is 5.41 Å². The lowest BCUT2D eigenvalue weighted by molar-refractivity contribution is -0.142. The Kier molecular flexibility index (Phi) is 6.56. The average molecular weight is 426 g/mol. The zero-order chi connectivity index (χ0) is 22.0. The summed E-state index contributed by atoms with van der Waals surface area (Å²) in [6.45, 7) is 8.49. The molecule has 6 heteroatoms. The number of amides is 1. The van der Waals surface area contributed by atoms with E-state index in [1.807, 2.05) is 4.90 Å². The van der Waals surface area contributed by atoms with Gasteiger partial charge in [0.15, 0.2) is 5.96 Å². The third-order valence-corrected chi connectivity index (χ3v) is 8.14. The van der Waals surface area contributed by atoms with Crippen molar-refractivity contribution in [2.45, 2.75) is 70.4 Å². The summed E-state index contributed by atoms with van der Waals surface area (Å²) in [4.78, 5) is 18.4. The van der Waals surface area contributed by atoms with E-state index in [-0.39, 0.29) is 11.9 Å². The second-order valence-corrected chi connectivity index (χ2v) is 10.2. The number of nitrogens with one attached hydrogen (secondary N) is 2. The number of carbonyl (C=O) groups excluding carboxylic acids is 1. The highest BCUT2D eigenvalue weighted by molar-refractivity contribution is 5.90. The van der Waals surface area contributed by atoms with E-state index in [4.69, 9.17) is 11.1 Å². The van der Waals surface area contributed by atoms with Crippen LogP contribution in [-0.4, -0.2) is 53.9 Å². The maximum atomic E-state index is 13.7. The SMILES string of the molecule is CC(C)C1CCC(N2CCC3(CC2)C(=O)N(CCNC(=N)N)Cc2ccccc23)CC1. The van der Waals surface area contributed by atoms with Crippen molar-refractivity contribution in [3.05, 3.63) is 35.4 Å². The summed E-state index contributed by atoms with van der Waals surface area (Å²) in [5, 5.41) is 10.2. The highest BCUT2D eigenvalue weighted by atomic mass is 16.2. The minimum absolute atomic E-state index is 0.0416. The smallest absolute Gasteiger partial charge is 0.233 e. The number of rotatable bonds is 5. The number of hydrogen-bond donors (Lipinski definition) is 3.